The average molecular weight is 499 g/mol. The van der Waals surface area contributed by atoms with E-state index in [0.717, 1.165) is 16.8 Å². The maximum Gasteiger partial charge on any atom is 0.161 e. The van der Waals surface area contributed by atoms with Gasteiger partial charge in [-0.3, -0.25) is 15.1 Å². The zero-order valence-electron chi connectivity index (χ0n) is 20.2. The number of hydrogen-bond donors (Lipinski definition) is 2. The highest BCUT2D eigenvalue weighted by Crippen LogP contribution is 2.48. The zero-order valence-corrected chi connectivity index (χ0v) is 21.0. The molecule has 36 heavy (non-hydrogen) atoms. The van der Waals surface area contributed by atoms with Crippen LogP contribution in [-0.2, 0) is 4.79 Å². The Kier molecular flexibility index (Phi) is 6.42. The molecule has 1 atom stereocenters. The lowest BCUT2D eigenvalue weighted by Gasteiger charge is -2.41. The molecule has 2 N–H and O–H groups in total. The lowest BCUT2D eigenvalue weighted by atomic mass is 9.73. The molecule has 0 aromatic heterocycles. The van der Waals surface area contributed by atoms with Gasteiger partial charge in [0.15, 0.2) is 5.78 Å². The predicted octanol–water partition coefficient (Wildman–Crippen LogP) is 7.21. The Balaban J connectivity index is 1.81. The molecule has 6 heteroatoms. The average Bonchev–Trinajstić information content (AvgIpc) is 2.88. The normalized spacial score (nSPS) is 19.3. The number of rotatable bonds is 4. The Morgan fingerprint density at radius 3 is 2.44 bits per heavy atom. The molecule has 0 spiro atoms. The highest BCUT2D eigenvalue weighted by molar-refractivity contribution is 6.31. The van der Waals surface area contributed by atoms with Gasteiger partial charge in [0.25, 0.3) is 0 Å². The number of ketones is 1. The zero-order chi connectivity index (χ0) is 25.4. The fraction of sp³-hybridized carbons (Fsp3) is 0.200. The first-order valence-electron chi connectivity index (χ1n) is 11.9. The molecule has 0 unspecified atom stereocenters. The molecule has 3 aromatic rings. The molecule has 0 saturated heterocycles. The Morgan fingerprint density at radius 2 is 1.78 bits per heavy atom. The maximum absolute atomic E-state index is 13.5. The van der Waals surface area contributed by atoms with E-state index in [4.69, 9.17) is 16.3 Å². The van der Waals surface area contributed by atoms with Crippen LogP contribution in [0.3, 0.4) is 0 Å². The van der Waals surface area contributed by atoms with Crippen LogP contribution in [0.2, 0.25) is 5.02 Å². The van der Waals surface area contributed by atoms with Gasteiger partial charge in [0.05, 0.1) is 7.11 Å². The SMILES string of the molecule is COc1ccc([C@H]2C(=C(O)c3ccc(C)cc3)C(=N)N(c3cccc(Cl)c3)C3=C2C(=O)CCC3)cc1. The first-order chi connectivity index (χ1) is 17.4. The van der Waals surface area contributed by atoms with E-state index in [-0.39, 0.29) is 17.4 Å². The van der Waals surface area contributed by atoms with Gasteiger partial charge in [0.2, 0.25) is 0 Å². The molecular formula is C30H27ClN2O3. The highest BCUT2D eigenvalue weighted by Gasteiger charge is 2.43. The smallest absolute Gasteiger partial charge is 0.161 e. The van der Waals surface area contributed by atoms with Gasteiger partial charge in [-0.1, -0.05) is 59.6 Å². The van der Waals surface area contributed by atoms with Gasteiger partial charge in [0.1, 0.15) is 17.3 Å². The monoisotopic (exact) mass is 498 g/mol. The predicted molar refractivity (Wildman–Crippen MR) is 144 cm³/mol. The molecule has 2 aliphatic rings. The van der Waals surface area contributed by atoms with Crippen LogP contribution < -0.4 is 9.64 Å². The minimum atomic E-state index is -0.581. The van der Waals surface area contributed by atoms with E-state index < -0.39 is 5.92 Å². The molecule has 1 aliphatic heterocycles. The Morgan fingerprint density at radius 1 is 1.06 bits per heavy atom. The van der Waals surface area contributed by atoms with Gasteiger partial charge >= 0.3 is 0 Å². The van der Waals surface area contributed by atoms with Crippen molar-refractivity contribution < 1.29 is 14.6 Å². The van der Waals surface area contributed by atoms with E-state index in [1.54, 1.807) is 24.1 Å². The third-order valence-corrected chi connectivity index (χ3v) is 7.09. The van der Waals surface area contributed by atoms with Crippen LogP contribution in [0.4, 0.5) is 5.69 Å². The molecule has 0 radical (unpaired) electrons. The van der Waals surface area contributed by atoms with Crippen molar-refractivity contribution in [2.45, 2.75) is 32.1 Å². The van der Waals surface area contributed by atoms with E-state index in [1.165, 1.54) is 0 Å². The number of halogens is 1. The first kappa shape index (κ1) is 23.9. The second kappa shape index (κ2) is 9.67. The fourth-order valence-corrected chi connectivity index (χ4v) is 5.27. The molecule has 182 valence electrons. The third kappa shape index (κ3) is 4.20. The fourth-order valence-electron chi connectivity index (χ4n) is 5.09. The number of hydrogen-bond acceptors (Lipinski definition) is 4. The van der Waals surface area contributed by atoms with Gasteiger partial charge in [-0.25, -0.2) is 0 Å². The summed E-state index contributed by atoms with van der Waals surface area (Å²) in [5.41, 5.74) is 4.97. The Bertz CT molecular complexity index is 1400. The standard InChI is InChI=1S/C30H27ClN2O3/c1-18-9-11-20(12-10-18)29(35)28-26(19-13-15-23(36-2)16-14-19)27-24(7-4-8-25(27)34)33(30(28)32)22-6-3-5-21(31)17-22/h3,5-6,9-17,26,32,35H,4,7-8H2,1-2H3/t26-/m1/s1. The number of aryl methyl sites for hydroxylation is 1. The largest absolute Gasteiger partial charge is 0.507 e. The lowest BCUT2D eigenvalue weighted by molar-refractivity contribution is -0.116. The number of carbonyl (C=O) groups excluding carboxylic acids is 1. The second-order valence-corrected chi connectivity index (χ2v) is 9.57. The van der Waals surface area contributed by atoms with Crippen molar-refractivity contribution in [2.75, 3.05) is 12.0 Å². The van der Waals surface area contributed by atoms with Gasteiger partial charge in [-0.05, 0) is 55.7 Å². The van der Waals surface area contributed by atoms with Gasteiger partial charge in [-0.2, -0.15) is 0 Å². The van der Waals surface area contributed by atoms with Crippen LogP contribution >= 0.6 is 11.6 Å². The number of aliphatic hydroxyl groups excluding tert-OH is 1. The number of amidine groups is 1. The van der Waals surface area contributed by atoms with Gasteiger partial charge in [0, 0.05) is 45.5 Å². The lowest BCUT2D eigenvalue weighted by Crippen LogP contribution is -2.42. The molecule has 1 heterocycles. The van der Waals surface area contributed by atoms with E-state index >= 15 is 0 Å². The van der Waals surface area contributed by atoms with Crippen molar-refractivity contribution in [3.63, 3.8) is 0 Å². The Hall–Kier alpha value is -3.83. The number of methoxy groups -OCH3 is 1. The van der Waals surface area contributed by atoms with Crippen LogP contribution in [0, 0.1) is 12.3 Å². The summed E-state index contributed by atoms with van der Waals surface area (Å²) in [4.78, 5) is 15.3. The third-order valence-electron chi connectivity index (χ3n) is 6.85. The van der Waals surface area contributed by atoms with E-state index in [9.17, 15) is 15.3 Å². The van der Waals surface area contributed by atoms with Crippen molar-refractivity contribution in [2.24, 2.45) is 0 Å². The number of allylic oxidation sites excluding steroid dienone is 2. The van der Waals surface area contributed by atoms with Crippen LogP contribution in [0.5, 0.6) is 5.75 Å². The van der Waals surface area contributed by atoms with E-state index in [2.05, 4.69) is 0 Å². The summed E-state index contributed by atoms with van der Waals surface area (Å²) in [5, 5.41) is 21.6. The number of benzene rings is 3. The minimum absolute atomic E-state index is 0.0160. The van der Waals surface area contributed by atoms with Crippen molar-refractivity contribution >= 4 is 34.7 Å². The van der Waals surface area contributed by atoms with Crippen LogP contribution in [0.25, 0.3) is 5.76 Å². The summed E-state index contributed by atoms with van der Waals surface area (Å²) < 4.78 is 5.34. The van der Waals surface area contributed by atoms with E-state index in [1.807, 2.05) is 67.6 Å². The molecule has 3 aromatic carbocycles. The number of ether oxygens (including phenoxy) is 1. The summed E-state index contributed by atoms with van der Waals surface area (Å²) in [7, 11) is 1.61. The second-order valence-electron chi connectivity index (χ2n) is 9.14. The van der Waals surface area contributed by atoms with Crippen LogP contribution in [0.15, 0.2) is 89.6 Å². The molecule has 0 saturated carbocycles. The number of aliphatic hydroxyl groups is 1. The van der Waals surface area contributed by atoms with Crippen LogP contribution in [0.1, 0.15) is 41.9 Å². The summed E-state index contributed by atoms with van der Waals surface area (Å²) in [6, 6.07) is 22.3. The first-order valence-corrected chi connectivity index (χ1v) is 12.3. The number of carbonyl (C=O) groups is 1. The number of nitrogens with one attached hydrogen (secondary N) is 1. The summed E-state index contributed by atoms with van der Waals surface area (Å²) in [5.74, 6) is 0.263. The van der Waals surface area contributed by atoms with Crippen molar-refractivity contribution in [3.8, 4) is 5.75 Å². The van der Waals surface area contributed by atoms with Crippen LogP contribution in [-0.4, -0.2) is 23.8 Å². The number of Topliss-reactive ketones (excluding diaryl/α,β-unsaturated/α-hetero) is 1. The van der Waals surface area contributed by atoms with Gasteiger partial charge in [-0.15, -0.1) is 0 Å². The molecule has 5 nitrogen and oxygen atoms in total. The maximum atomic E-state index is 13.5. The molecule has 0 fully saturated rings. The number of anilines is 1. The number of nitrogens with zero attached hydrogens (tertiary/aromatic N) is 1. The summed E-state index contributed by atoms with van der Waals surface area (Å²) in [6.45, 7) is 1.98. The quantitative estimate of drug-likeness (QED) is 0.372. The van der Waals surface area contributed by atoms with Crippen molar-refractivity contribution in [1.29, 1.82) is 5.41 Å². The molecule has 1 aliphatic carbocycles. The Labute approximate surface area is 215 Å². The molecule has 5 rings (SSSR count). The van der Waals surface area contributed by atoms with Crippen molar-refractivity contribution in [1.82, 2.24) is 0 Å². The summed E-state index contributed by atoms with van der Waals surface area (Å²) in [6.07, 6.45) is 1.79. The molecule has 0 bridgehead atoms. The highest BCUT2D eigenvalue weighted by atomic mass is 35.5. The molecule has 0 amide bonds. The topological polar surface area (TPSA) is 73.6 Å². The van der Waals surface area contributed by atoms with Gasteiger partial charge < -0.3 is 9.84 Å². The minimum Gasteiger partial charge on any atom is -0.507 e. The van der Waals surface area contributed by atoms with Crippen molar-refractivity contribution in [3.05, 3.63) is 111 Å². The summed E-state index contributed by atoms with van der Waals surface area (Å²) >= 11 is 6.32. The van der Waals surface area contributed by atoms with E-state index in [0.29, 0.717) is 52.4 Å². The molecular weight excluding hydrogens is 472 g/mol.